The molecular weight excluding hydrogens is 240 g/mol. The van der Waals surface area contributed by atoms with E-state index in [1.807, 2.05) is 25.7 Å². The minimum Gasteiger partial charge on any atom is -0.444 e. The van der Waals surface area contributed by atoms with Crippen LogP contribution in [0.5, 0.6) is 0 Å². The Morgan fingerprint density at radius 2 is 1.95 bits per heavy atom. The number of nitrogens with two attached hydrogens (primary N) is 1. The molecule has 0 radical (unpaired) electrons. The summed E-state index contributed by atoms with van der Waals surface area (Å²) in [5.74, 6) is 1.80. The summed E-state index contributed by atoms with van der Waals surface area (Å²) in [6.07, 6.45) is 4.97. The van der Waals surface area contributed by atoms with Crippen LogP contribution in [-0.4, -0.2) is 36.2 Å². The first-order chi connectivity index (χ1) is 8.90. The highest BCUT2D eigenvalue weighted by Crippen LogP contribution is 2.39. The summed E-state index contributed by atoms with van der Waals surface area (Å²) in [4.78, 5) is 14.1. The van der Waals surface area contributed by atoms with Crippen molar-refractivity contribution in [3.8, 4) is 0 Å². The fourth-order valence-corrected chi connectivity index (χ4v) is 3.58. The number of carbonyl (C=O) groups excluding carboxylic acids is 1. The monoisotopic (exact) mass is 268 g/mol. The number of hydrogen-bond acceptors (Lipinski definition) is 3. The second kappa shape index (κ2) is 5.70. The van der Waals surface area contributed by atoms with Gasteiger partial charge >= 0.3 is 6.09 Å². The molecule has 2 aliphatic rings. The lowest BCUT2D eigenvalue weighted by molar-refractivity contribution is -0.00936. The second-order valence-corrected chi connectivity index (χ2v) is 7.09. The molecule has 0 bridgehead atoms. The maximum atomic E-state index is 12.2. The average Bonchev–Trinajstić information content (AvgIpc) is 2.35. The lowest BCUT2D eigenvalue weighted by atomic mass is 9.70. The summed E-state index contributed by atoms with van der Waals surface area (Å²) in [6, 6.07) is 0. The third-order valence-corrected chi connectivity index (χ3v) is 4.44. The number of carbonyl (C=O) groups is 1. The highest BCUT2D eigenvalue weighted by Gasteiger charge is 2.39. The van der Waals surface area contributed by atoms with Crippen molar-refractivity contribution >= 4 is 6.09 Å². The Kier molecular flexibility index (Phi) is 4.39. The first-order valence-electron chi connectivity index (χ1n) is 7.58. The topological polar surface area (TPSA) is 55.6 Å². The molecule has 1 saturated heterocycles. The van der Waals surface area contributed by atoms with Crippen LogP contribution in [0.15, 0.2) is 0 Å². The summed E-state index contributed by atoms with van der Waals surface area (Å²) < 4.78 is 5.50. The molecule has 0 spiro atoms. The van der Waals surface area contributed by atoms with Crippen LogP contribution < -0.4 is 5.73 Å². The van der Waals surface area contributed by atoms with Crippen molar-refractivity contribution in [2.24, 2.45) is 23.5 Å². The van der Waals surface area contributed by atoms with Gasteiger partial charge in [0.05, 0.1) is 0 Å². The molecule has 1 saturated carbocycles. The van der Waals surface area contributed by atoms with Crippen molar-refractivity contribution in [1.82, 2.24) is 4.90 Å². The fraction of sp³-hybridized carbons (Fsp3) is 0.933. The Bertz CT molecular complexity index is 317. The number of hydrogen-bond donors (Lipinski definition) is 1. The smallest absolute Gasteiger partial charge is 0.410 e. The van der Waals surface area contributed by atoms with Crippen LogP contribution in [0.1, 0.15) is 46.5 Å². The first-order valence-corrected chi connectivity index (χ1v) is 7.58. The number of amides is 1. The molecule has 0 aromatic heterocycles. The Morgan fingerprint density at radius 3 is 2.58 bits per heavy atom. The lowest BCUT2D eigenvalue weighted by Gasteiger charge is -2.46. The molecule has 4 nitrogen and oxygen atoms in total. The molecule has 0 aromatic carbocycles. The van der Waals surface area contributed by atoms with Gasteiger partial charge < -0.3 is 15.4 Å². The van der Waals surface area contributed by atoms with E-state index in [-0.39, 0.29) is 6.09 Å². The minimum atomic E-state index is -0.418. The third-order valence-electron chi connectivity index (χ3n) is 4.44. The Balaban J connectivity index is 2.01. The van der Waals surface area contributed by atoms with Crippen molar-refractivity contribution in [2.75, 3.05) is 19.6 Å². The average molecular weight is 268 g/mol. The largest absolute Gasteiger partial charge is 0.444 e. The van der Waals surface area contributed by atoms with Gasteiger partial charge in [-0.15, -0.1) is 0 Å². The molecule has 1 heterocycles. The second-order valence-electron chi connectivity index (χ2n) is 7.09. The zero-order chi connectivity index (χ0) is 14.0. The van der Waals surface area contributed by atoms with Crippen LogP contribution in [-0.2, 0) is 4.74 Å². The van der Waals surface area contributed by atoms with E-state index < -0.39 is 5.60 Å². The van der Waals surface area contributed by atoms with Crippen LogP contribution in [0.25, 0.3) is 0 Å². The van der Waals surface area contributed by atoms with E-state index in [1.54, 1.807) is 0 Å². The third kappa shape index (κ3) is 3.62. The van der Waals surface area contributed by atoms with Gasteiger partial charge in [-0.1, -0.05) is 12.8 Å². The van der Waals surface area contributed by atoms with Gasteiger partial charge in [0.25, 0.3) is 0 Å². The van der Waals surface area contributed by atoms with Crippen molar-refractivity contribution < 1.29 is 9.53 Å². The van der Waals surface area contributed by atoms with Gasteiger partial charge in [-0.25, -0.2) is 4.79 Å². The molecular formula is C15H28N2O2. The fourth-order valence-electron chi connectivity index (χ4n) is 3.58. The van der Waals surface area contributed by atoms with Crippen molar-refractivity contribution in [1.29, 1.82) is 0 Å². The summed E-state index contributed by atoms with van der Waals surface area (Å²) in [6.45, 7) is 8.05. The summed E-state index contributed by atoms with van der Waals surface area (Å²) >= 11 is 0. The summed E-state index contributed by atoms with van der Waals surface area (Å²) in [5.41, 5.74) is 5.50. The maximum absolute atomic E-state index is 12.2. The molecule has 0 aromatic rings. The quantitative estimate of drug-likeness (QED) is 0.795. The minimum absolute atomic E-state index is 0.171. The van der Waals surface area contributed by atoms with Gasteiger partial charge in [0, 0.05) is 13.1 Å². The highest BCUT2D eigenvalue weighted by molar-refractivity contribution is 5.68. The van der Waals surface area contributed by atoms with Crippen molar-refractivity contribution in [3.63, 3.8) is 0 Å². The number of piperidine rings is 1. The molecule has 19 heavy (non-hydrogen) atoms. The molecule has 3 unspecified atom stereocenters. The Labute approximate surface area is 116 Å². The van der Waals surface area contributed by atoms with Gasteiger partial charge in [0.15, 0.2) is 0 Å². The van der Waals surface area contributed by atoms with Gasteiger partial charge in [-0.05, 0) is 57.9 Å². The standard InChI is InChI=1S/C15H28N2O2/c1-15(2,3)19-14(18)17-9-11-6-4-5-7-13(11)12(8-16)10-17/h11-13H,4-10,16H2,1-3H3. The maximum Gasteiger partial charge on any atom is 0.410 e. The van der Waals surface area contributed by atoms with E-state index in [4.69, 9.17) is 10.5 Å². The van der Waals surface area contributed by atoms with E-state index in [1.165, 1.54) is 25.7 Å². The number of likely N-dealkylation sites (tertiary alicyclic amines) is 1. The number of nitrogens with zero attached hydrogens (tertiary/aromatic N) is 1. The summed E-state index contributed by atoms with van der Waals surface area (Å²) in [7, 11) is 0. The zero-order valence-corrected chi connectivity index (χ0v) is 12.5. The van der Waals surface area contributed by atoms with Crippen LogP contribution in [0, 0.1) is 17.8 Å². The molecule has 110 valence electrons. The zero-order valence-electron chi connectivity index (χ0n) is 12.5. The number of ether oxygens (including phenoxy) is 1. The normalized spacial score (nSPS) is 31.8. The lowest BCUT2D eigenvalue weighted by Crippen LogP contribution is -2.52. The number of rotatable bonds is 1. The van der Waals surface area contributed by atoms with Gasteiger partial charge in [0.1, 0.15) is 5.60 Å². The van der Waals surface area contributed by atoms with Gasteiger partial charge in [-0.3, -0.25) is 0 Å². The van der Waals surface area contributed by atoms with E-state index >= 15 is 0 Å². The summed E-state index contributed by atoms with van der Waals surface area (Å²) in [5, 5.41) is 0. The first kappa shape index (κ1) is 14.6. The Hall–Kier alpha value is -0.770. The van der Waals surface area contributed by atoms with Crippen molar-refractivity contribution in [3.05, 3.63) is 0 Å². The molecule has 2 N–H and O–H groups in total. The predicted octanol–water partition coefficient (Wildman–Crippen LogP) is 2.62. The molecule has 4 heteroatoms. The van der Waals surface area contributed by atoms with Crippen molar-refractivity contribution in [2.45, 2.75) is 52.1 Å². The van der Waals surface area contributed by atoms with Crippen LogP contribution in [0.3, 0.4) is 0 Å². The SMILES string of the molecule is CC(C)(C)OC(=O)N1CC(CN)C2CCCCC2C1. The van der Waals surface area contributed by atoms with Gasteiger partial charge in [-0.2, -0.15) is 0 Å². The molecule has 3 atom stereocenters. The molecule has 1 aliphatic heterocycles. The molecule has 1 aliphatic carbocycles. The van der Waals surface area contributed by atoms with Crippen LogP contribution in [0.2, 0.25) is 0 Å². The van der Waals surface area contributed by atoms with E-state index in [9.17, 15) is 4.79 Å². The number of fused-ring (bicyclic) bond motifs is 1. The highest BCUT2D eigenvalue weighted by atomic mass is 16.6. The van der Waals surface area contributed by atoms with Crippen LogP contribution >= 0.6 is 0 Å². The molecule has 2 rings (SSSR count). The predicted molar refractivity (Wildman–Crippen MR) is 75.8 cm³/mol. The molecule has 1 amide bonds. The van der Waals surface area contributed by atoms with E-state index in [2.05, 4.69) is 0 Å². The van der Waals surface area contributed by atoms with Crippen LogP contribution in [0.4, 0.5) is 4.79 Å². The van der Waals surface area contributed by atoms with E-state index in [0.717, 1.165) is 19.0 Å². The van der Waals surface area contributed by atoms with E-state index in [0.29, 0.717) is 18.4 Å². The van der Waals surface area contributed by atoms with Gasteiger partial charge in [0.2, 0.25) is 0 Å². The molecule has 2 fully saturated rings. The Morgan fingerprint density at radius 1 is 1.26 bits per heavy atom.